The number of sulfone groups is 1. The number of allylic oxidation sites excluding steroid dienone is 2. The number of hydrogen-bond acceptors (Lipinski definition) is 4. The molecule has 0 saturated carbocycles. The molecule has 37 heavy (non-hydrogen) atoms. The molecule has 0 radical (unpaired) electrons. The summed E-state index contributed by atoms with van der Waals surface area (Å²) in [6.45, 7) is 1.34. The predicted molar refractivity (Wildman–Crippen MR) is 132 cm³/mol. The molecule has 0 fully saturated rings. The summed E-state index contributed by atoms with van der Waals surface area (Å²) in [6, 6.07) is 5.50. The molecule has 2 aromatic carbocycles. The zero-order valence-electron chi connectivity index (χ0n) is 19.2. The SMILES string of the molecule is CCS(=O)(=O)CC(=O)N(C)Cc1ccc(C(=O)C=C(c2cc(Br)cc(C(F)(F)F)c2)C(F)(F)F)cc1Br. The van der Waals surface area contributed by atoms with E-state index in [0.717, 1.165) is 11.0 Å². The average Bonchev–Trinajstić information content (AvgIpc) is 2.76. The second kappa shape index (κ2) is 11.7. The summed E-state index contributed by atoms with van der Waals surface area (Å²) >= 11 is 5.95. The Morgan fingerprint density at radius 3 is 2.11 bits per heavy atom. The monoisotopic (exact) mass is 677 g/mol. The minimum atomic E-state index is -5.14. The highest BCUT2D eigenvalue weighted by atomic mass is 79.9. The molecule has 0 aromatic heterocycles. The third-order valence-electron chi connectivity index (χ3n) is 5.07. The number of amides is 1. The van der Waals surface area contributed by atoms with E-state index < -0.39 is 56.3 Å². The third-order valence-corrected chi connectivity index (χ3v) is 7.83. The Morgan fingerprint density at radius 1 is 0.973 bits per heavy atom. The van der Waals surface area contributed by atoms with E-state index >= 15 is 0 Å². The number of carbonyl (C=O) groups is 2. The maximum atomic E-state index is 13.7. The quantitative estimate of drug-likeness (QED) is 0.183. The smallest absolute Gasteiger partial charge is 0.341 e. The van der Waals surface area contributed by atoms with Crippen molar-refractivity contribution < 1.29 is 44.3 Å². The highest BCUT2D eigenvalue weighted by Gasteiger charge is 2.38. The van der Waals surface area contributed by atoms with Gasteiger partial charge in [-0.25, -0.2) is 8.42 Å². The second-order valence-corrected chi connectivity index (χ2v) is 12.0. The van der Waals surface area contributed by atoms with Gasteiger partial charge in [0.05, 0.1) is 11.1 Å². The van der Waals surface area contributed by atoms with Crippen LogP contribution in [0.4, 0.5) is 26.3 Å². The first-order chi connectivity index (χ1) is 16.8. The van der Waals surface area contributed by atoms with Crippen molar-refractivity contribution in [2.24, 2.45) is 0 Å². The minimum absolute atomic E-state index is 0.0605. The first kappa shape index (κ1) is 31.0. The fourth-order valence-corrected chi connectivity index (χ4v) is 4.82. The fourth-order valence-electron chi connectivity index (χ4n) is 3.02. The number of hydrogen-bond donors (Lipinski definition) is 0. The molecule has 14 heteroatoms. The van der Waals surface area contributed by atoms with Gasteiger partial charge in [0.1, 0.15) is 5.75 Å². The van der Waals surface area contributed by atoms with Crippen molar-refractivity contribution in [1.82, 2.24) is 4.90 Å². The van der Waals surface area contributed by atoms with Crippen LogP contribution in [0.25, 0.3) is 5.57 Å². The summed E-state index contributed by atoms with van der Waals surface area (Å²) < 4.78 is 104. The highest BCUT2D eigenvalue weighted by Crippen LogP contribution is 2.39. The molecule has 0 N–H and O–H groups in total. The molecular weight excluding hydrogens is 660 g/mol. The molecule has 0 bridgehead atoms. The second-order valence-electron chi connectivity index (χ2n) is 7.88. The van der Waals surface area contributed by atoms with E-state index in [4.69, 9.17) is 0 Å². The van der Waals surface area contributed by atoms with Gasteiger partial charge in [0.2, 0.25) is 5.91 Å². The fraction of sp³-hybridized carbons (Fsp3) is 0.304. The number of rotatable bonds is 8. The Kier molecular flexibility index (Phi) is 9.80. The molecular formula is C23H19Br2F6NO4S. The van der Waals surface area contributed by atoms with Crippen molar-refractivity contribution in [2.75, 3.05) is 18.6 Å². The van der Waals surface area contributed by atoms with Gasteiger partial charge in [-0.1, -0.05) is 50.9 Å². The molecule has 0 atom stereocenters. The van der Waals surface area contributed by atoms with Crippen molar-refractivity contribution in [3.63, 3.8) is 0 Å². The number of halogens is 8. The standard InChI is InChI=1S/C23H19Br2F6NO4S/c1-3-37(35,36)12-21(34)32(2)11-14-5-4-13(8-19(14)25)20(33)10-18(23(29,30)31)15-6-16(22(26,27)28)9-17(24)7-15/h4-10H,3,11-12H2,1-2H3. The van der Waals surface area contributed by atoms with Crippen molar-refractivity contribution in [3.8, 4) is 0 Å². The van der Waals surface area contributed by atoms with Crippen LogP contribution in [-0.4, -0.2) is 49.7 Å². The first-order valence-corrected chi connectivity index (χ1v) is 13.7. The van der Waals surface area contributed by atoms with Gasteiger partial charge in [0.25, 0.3) is 0 Å². The molecule has 0 aliphatic heterocycles. The van der Waals surface area contributed by atoms with Gasteiger partial charge in [-0.2, -0.15) is 26.3 Å². The van der Waals surface area contributed by atoms with E-state index in [9.17, 15) is 44.3 Å². The molecule has 5 nitrogen and oxygen atoms in total. The van der Waals surface area contributed by atoms with Gasteiger partial charge in [-0.15, -0.1) is 0 Å². The number of benzene rings is 2. The molecule has 0 saturated heterocycles. The molecule has 0 heterocycles. The minimum Gasteiger partial charge on any atom is -0.341 e. The van der Waals surface area contributed by atoms with Crippen molar-refractivity contribution >= 4 is 59.0 Å². The Labute approximate surface area is 225 Å². The van der Waals surface area contributed by atoms with E-state index in [0.29, 0.717) is 17.7 Å². The van der Waals surface area contributed by atoms with E-state index in [1.54, 1.807) is 0 Å². The van der Waals surface area contributed by atoms with Crippen LogP contribution < -0.4 is 0 Å². The molecule has 2 rings (SSSR count). The van der Waals surface area contributed by atoms with Crippen LogP contribution in [0.1, 0.15) is 34.0 Å². The summed E-state index contributed by atoms with van der Waals surface area (Å²) in [6.07, 6.45) is -9.83. The average molecular weight is 679 g/mol. The van der Waals surface area contributed by atoms with Crippen LogP contribution in [0.15, 0.2) is 51.4 Å². The lowest BCUT2D eigenvalue weighted by molar-refractivity contribution is -0.137. The van der Waals surface area contributed by atoms with Gasteiger partial charge < -0.3 is 4.90 Å². The van der Waals surface area contributed by atoms with Crippen molar-refractivity contribution in [3.05, 3.63) is 73.7 Å². The van der Waals surface area contributed by atoms with Gasteiger partial charge >= 0.3 is 12.4 Å². The Bertz CT molecular complexity index is 1340. The van der Waals surface area contributed by atoms with Gasteiger partial charge in [0.15, 0.2) is 15.6 Å². The molecule has 0 aliphatic carbocycles. The summed E-state index contributed by atoms with van der Waals surface area (Å²) in [5, 5.41) is 0. The Balaban J connectivity index is 2.38. The number of alkyl halides is 6. The van der Waals surface area contributed by atoms with Crippen LogP contribution >= 0.6 is 31.9 Å². The molecule has 0 unspecified atom stereocenters. The lowest BCUT2D eigenvalue weighted by Gasteiger charge is -2.18. The molecule has 2 aromatic rings. The molecule has 202 valence electrons. The van der Waals surface area contributed by atoms with Gasteiger partial charge in [0, 0.05) is 33.9 Å². The Morgan fingerprint density at radius 2 is 1.59 bits per heavy atom. The molecule has 0 spiro atoms. The predicted octanol–water partition coefficient (Wildman–Crippen LogP) is 6.45. The molecule has 1 amide bonds. The lowest BCUT2D eigenvalue weighted by atomic mass is 9.99. The topological polar surface area (TPSA) is 71.5 Å². The van der Waals surface area contributed by atoms with Crippen LogP contribution in [0, 0.1) is 0 Å². The van der Waals surface area contributed by atoms with E-state index in [-0.39, 0.29) is 32.9 Å². The van der Waals surface area contributed by atoms with E-state index in [1.807, 2.05) is 0 Å². The number of carbonyl (C=O) groups excluding carboxylic acids is 2. The van der Waals surface area contributed by atoms with Crippen molar-refractivity contribution in [2.45, 2.75) is 25.8 Å². The van der Waals surface area contributed by atoms with E-state index in [1.165, 1.54) is 32.2 Å². The van der Waals surface area contributed by atoms with Gasteiger partial charge in [-0.05, 0) is 41.5 Å². The number of ketones is 1. The summed E-state index contributed by atoms with van der Waals surface area (Å²) in [7, 11) is -2.19. The van der Waals surface area contributed by atoms with E-state index in [2.05, 4.69) is 31.9 Å². The largest absolute Gasteiger partial charge is 0.417 e. The maximum Gasteiger partial charge on any atom is 0.417 e. The normalized spacial score (nSPS) is 13.0. The van der Waals surface area contributed by atoms with Crippen LogP contribution in [0.5, 0.6) is 0 Å². The molecule has 0 aliphatic rings. The summed E-state index contributed by atoms with van der Waals surface area (Å²) in [4.78, 5) is 26.0. The zero-order valence-corrected chi connectivity index (χ0v) is 23.2. The van der Waals surface area contributed by atoms with Crippen LogP contribution in [0.2, 0.25) is 0 Å². The lowest BCUT2D eigenvalue weighted by Crippen LogP contribution is -2.32. The zero-order chi connectivity index (χ0) is 28.3. The third kappa shape index (κ3) is 8.67. The Hall–Kier alpha value is -2.19. The summed E-state index contributed by atoms with van der Waals surface area (Å²) in [5.41, 5.74) is -3.50. The highest BCUT2D eigenvalue weighted by molar-refractivity contribution is 9.10. The van der Waals surface area contributed by atoms with Crippen LogP contribution in [-0.2, 0) is 27.4 Å². The van der Waals surface area contributed by atoms with Crippen LogP contribution in [0.3, 0.4) is 0 Å². The first-order valence-electron chi connectivity index (χ1n) is 10.3. The van der Waals surface area contributed by atoms with Gasteiger partial charge in [-0.3, -0.25) is 9.59 Å². The van der Waals surface area contributed by atoms with Crippen molar-refractivity contribution in [1.29, 1.82) is 0 Å². The summed E-state index contributed by atoms with van der Waals surface area (Å²) in [5.74, 6) is -2.69. The maximum absolute atomic E-state index is 13.7. The number of nitrogens with zero attached hydrogens (tertiary/aromatic N) is 1.